The minimum Gasteiger partial charge on any atom is -0.344 e. The lowest BCUT2D eigenvalue weighted by Crippen LogP contribution is -2.44. The molecule has 0 radical (unpaired) electrons. The van der Waals surface area contributed by atoms with Crippen LogP contribution in [0.2, 0.25) is 0 Å². The second-order valence-electron chi connectivity index (χ2n) is 6.77. The number of hydrogen-bond acceptors (Lipinski definition) is 3. The van der Waals surface area contributed by atoms with E-state index in [0.29, 0.717) is 11.1 Å². The normalized spacial score (nSPS) is 19.0. The lowest BCUT2D eigenvalue weighted by atomic mass is 9.95. The summed E-state index contributed by atoms with van der Waals surface area (Å²) in [7, 11) is -3.87. The lowest BCUT2D eigenvalue weighted by molar-refractivity contribution is -0.174. The third-order valence-electron chi connectivity index (χ3n) is 5.27. The number of sulfonamides is 1. The van der Waals surface area contributed by atoms with Crippen molar-refractivity contribution in [2.24, 2.45) is 0 Å². The summed E-state index contributed by atoms with van der Waals surface area (Å²) in [5.41, 5.74) is 4.08. The van der Waals surface area contributed by atoms with Crippen molar-refractivity contribution in [2.45, 2.75) is 58.2 Å². The van der Waals surface area contributed by atoms with E-state index in [-0.39, 0.29) is 24.4 Å². The van der Waals surface area contributed by atoms with Gasteiger partial charge in [-0.05, 0) is 68.9 Å². The predicted molar refractivity (Wildman–Crippen MR) is 91.5 cm³/mol. The van der Waals surface area contributed by atoms with Crippen LogP contribution in [0.15, 0.2) is 4.90 Å². The Kier molecular flexibility index (Phi) is 5.45. The summed E-state index contributed by atoms with van der Waals surface area (Å²) in [4.78, 5) is 11.3. The van der Waals surface area contributed by atoms with Gasteiger partial charge in [-0.25, -0.2) is 8.42 Å². The molecule has 1 saturated heterocycles. The van der Waals surface area contributed by atoms with Crippen molar-refractivity contribution in [1.82, 2.24) is 9.62 Å². The maximum Gasteiger partial charge on any atom is 0.471 e. The van der Waals surface area contributed by atoms with Gasteiger partial charge in [0.25, 0.3) is 0 Å². The SMILES string of the molecule is Cc1c(C)c(C)c(S(=O)(=O)N2CCC(NC(=O)C(F)(F)F)C2)c(C)c1C. The molecule has 1 fully saturated rings. The first-order valence-electron chi connectivity index (χ1n) is 8.23. The molecular formula is C17H23F3N2O3S. The van der Waals surface area contributed by atoms with Crippen LogP contribution >= 0.6 is 0 Å². The molecule has 1 unspecified atom stereocenters. The molecule has 1 aromatic rings. The average molecular weight is 392 g/mol. The quantitative estimate of drug-likeness (QED) is 0.860. The van der Waals surface area contributed by atoms with E-state index in [1.165, 1.54) is 0 Å². The Hall–Kier alpha value is -1.61. The number of halogens is 3. The molecule has 146 valence electrons. The average Bonchev–Trinajstić information content (AvgIpc) is 2.99. The fraction of sp³-hybridized carbons (Fsp3) is 0.588. The summed E-state index contributed by atoms with van der Waals surface area (Å²) in [6.45, 7) is 9.00. The van der Waals surface area contributed by atoms with Gasteiger partial charge in [0, 0.05) is 19.1 Å². The van der Waals surface area contributed by atoms with Gasteiger partial charge in [0.15, 0.2) is 0 Å². The number of hydrogen-bond donors (Lipinski definition) is 1. The van der Waals surface area contributed by atoms with Gasteiger partial charge >= 0.3 is 12.1 Å². The topological polar surface area (TPSA) is 66.5 Å². The van der Waals surface area contributed by atoms with Gasteiger partial charge in [0.1, 0.15) is 0 Å². The first kappa shape index (κ1) is 20.7. The van der Waals surface area contributed by atoms with Crippen LogP contribution in [0.25, 0.3) is 0 Å². The van der Waals surface area contributed by atoms with Crippen LogP contribution in [-0.2, 0) is 14.8 Å². The largest absolute Gasteiger partial charge is 0.471 e. The number of benzene rings is 1. The van der Waals surface area contributed by atoms with E-state index >= 15 is 0 Å². The molecule has 1 aliphatic heterocycles. The second kappa shape index (κ2) is 6.84. The molecule has 5 nitrogen and oxygen atoms in total. The molecule has 1 atom stereocenters. The zero-order valence-corrected chi connectivity index (χ0v) is 16.2. The van der Waals surface area contributed by atoms with Crippen LogP contribution in [0.1, 0.15) is 34.2 Å². The van der Waals surface area contributed by atoms with Crippen molar-refractivity contribution < 1.29 is 26.4 Å². The van der Waals surface area contributed by atoms with Crippen molar-refractivity contribution in [1.29, 1.82) is 0 Å². The number of carbonyl (C=O) groups is 1. The molecule has 0 spiro atoms. The molecule has 2 rings (SSSR count). The van der Waals surface area contributed by atoms with E-state index in [2.05, 4.69) is 0 Å². The van der Waals surface area contributed by atoms with Crippen LogP contribution in [0.4, 0.5) is 13.2 Å². The highest BCUT2D eigenvalue weighted by Gasteiger charge is 2.42. The number of alkyl halides is 3. The minimum atomic E-state index is -4.98. The van der Waals surface area contributed by atoms with Crippen LogP contribution < -0.4 is 5.32 Å². The molecule has 26 heavy (non-hydrogen) atoms. The standard InChI is InChI=1S/C17H23F3N2O3S/c1-9-10(2)12(4)15(13(5)11(9)3)26(24,25)22-7-6-14(8-22)21-16(23)17(18,19)20/h14H,6-8H2,1-5H3,(H,21,23). The molecule has 0 bridgehead atoms. The molecule has 1 N–H and O–H groups in total. The predicted octanol–water partition coefficient (Wildman–Crippen LogP) is 2.67. The fourth-order valence-corrected chi connectivity index (χ4v) is 5.37. The number of nitrogens with one attached hydrogen (secondary N) is 1. The van der Waals surface area contributed by atoms with Crippen LogP contribution in [0.5, 0.6) is 0 Å². The van der Waals surface area contributed by atoms with E-state index in [1.807, 2.05) is 26.1 Å². The summed E-state index contributed by atoms with van der Waals surface area (Å²) in [6.07, 6.45) is -4.84. The highest BCUT2D eigenvalue weighted by Crippen LogP contribution is 2.32. The zero-order valence-electron chi connectivity index (χ0n) is 15.4. The molecule has 1 heterocycles. The van der Waals surface area contributed by atoms with Crippen molar-refractivity contribution in [2.75, 3.05) is 13.1 Å². The zero-order chi connectivity index (χ0) is 20.0. The Balaban J connectivity index is 2.32. The van der Waals surface area contributed by atoms with E-state index < -0.39 is 28.1 Å². The van der Waals surface area contributed by atoms with Crippen molar-refractivity contribution in [3.05, 3.63) is 27.8 Å². The van der Waals surface area contributed by atoms with Crippen LogP contribution in [-0.4, -0.2) is 43.9 Å². The van der Waals surface area contributed by atoms with Gasteiger partial charge in [-0.2, -0.15) is 17.5 Å². The Morgan fingerprint density at radius 1 is 1.00 bits per heavy atom. The lowest BCUT2D eigenvalue weighted by Gasteiger charge is -2.23. The monoisotopic (exact) mass is 392 g/mol. The number of carbonyl (C=O) groups excluding carboxylic acids is 1. The van der Waals surface area contributed by atoms with Crippen molar-refractivity contribution in [3.8, 4) is 0 Å². The van der Waals surface area contributed by atoms with Gasteiger partial charge in [0.2, 0.25) is 10.0 Å². The molecule has 1 aromatic carbocycles. The number of amides is 1. The van der Waals surface area contributed by atoms with Gasteiger partial charge < -0.3 is 5.32 Å². The number of rotatable bonds is 3. The van der Waals surface area contributed by atoms with E-state index in [0.717, 1.165) is 21.0 Å². The van der Waals surface area contributed by atoms with Crippen molar-refractivity contribution >= 4 is 15.9 Å². The van der Waals surface area contributed by atoms with Crippen molar-refractivity contribution in [3.63, 3.8) is 0 Å². The maximum absolute atomic E-state index is 13.1. The minimum absolute atomic E-state index is 0.0655. The van der Waals surface area contributed by atoms with E-state index in [1.54, 1.807) is 13.8 Å². The molecular weight excluding hydrogens is 369 g/mol. The fourth-order valence-electron chi connectivity index (χ4n) is 3.31. The molecule has 1 aliphatic rings. The Morgan fingerprint density at radius 2 is 1.46 bits per heavy atom. The summed E-state index contributed by atoms with van der Waals surface area (Å²) < 4.78 is 64.5. The highest BCUT2D eigenvalue weighted by atomic mass is 32.2. The molecule has 9 heteroatoms. The smallest absolute Gasteiger partial charge is 0.344 e. The first-order valence-corrected chi connectivity index (χ1v) is 9.67. The highest BCUT2D eigenvalue weighted by molar-refractivity contribution is 7.89. The summed E-state index contributed by atoms with van der Waals surface area (Å²) >= 11 is 0. The summed E-state index contributed by atoms with van der Waals surface area (Å²) in [6, 6.07) is -0.854. The first-order chi connectivity index (χ1) is 11.8. The van der Waals surface area contributed by atoms with Gasteiger partial charge in [0.05, 0.1) is 4.90 Å². The molecule has 0 aromatic heterocycles. The Morgan fingerprint density at radius 3 is 1.92 bits per heavy atom. The van der Waals surface area contributed by atoms with E-state index in [4.69, 9.17) is 0 Å². The molecule has 1 amide bonds. The van der Waals surface area contributed by atoms with Crippen LogP contribution in [0, 0.1) is 34.6 Å². The third kappa shape index (κ3) is 3.59. The van der Waals surface area contributed by atoms with Gasteiger partial charge in [-0.3, -0.25) is 4.79 Å². The van der Waals surface area contributed by atoms with E-state index in [9.17, 15) is 26.4 Å². The maximum atomic E-state index is 13.1. The third-order valence-corrected chi connectivity index (χ3v) is 7.41. The Bertz CT molecular complexity index is 819. The summed E-state index contributed by atoms with van der Waals surface area (Å²) in [5, 5.41) is 1.86. The van der Waals surface area contributed by atoms with Crippen LogP contribution in [0.3, 0.4) is 0 Å². The number of nitrogens with zero attached hydrogens (tertiary/aromatic N) is 1. The van der Waals surface area contributed by atoms with Gasteiger partial charge in [-0.15, -0.1) is 0 Å². The van der Waals surface area contributed by atoms with Gasteiger partial charge in [-0.1, -0.05) is 0 Å². The Labute approximate surface area is 151 Å². The summed E-state index contributed by atoms with van der Waals surface area (Å²) in [5.74, 6) is -2.05. The molecule has 0 saturated carbocycles. The second-order valence-corrected chi connectivity index (χ2v) is 8.65. The molecule has 0 aliphatic carbocycles.